The third-order valence-electron chi connectivity index (χ3n) is 4.69. The van der Waals surface area contributed by atoms with Crippen LogP contribution in [0.5, 0.6) is 0 Å². The quantitative estimate of drug-likeness (QED) is 0.889. The third kappa shape index (κ3) is 4.42. The Labute approximate surface area is 146 Å². The van der Waals surface area contributed by atoms with Gasteiger partial charge in [-0.15, -0.1) is 0 Å². The van der Waals surface area contributed by atoms with Crippen molar-refractivity contribution in [3.05, 3.63) is 65.2 Å². The molecule has 1 fully saturated rings. The van der Waals surface area contributed by atoms with E-state index in [1.807, 2.05) is 12.1 Å². The molecule has 1 aliphatic rings. The fourth-order valence-electron chi connectivity index (χ4n) is 3.05. The van der Waals surface area contributed by atoms with Gasteiger partial charge in [-0.25, -0.2) is 8.78 Å². The summed E-state index contributed by atoms with van der Waals surface area (Å²) in [5, 5.41) is 2.60. The van der Waals surface area contributed by atoms with Crippen molar-refractivity contribution in [3.8, 4) is 0 Å². The van der Waals surface area contributed by atoms with Crippen LogP contribution in [0.2, 0.25) is 0 Å². The summed E-state index contributed by atoms with van der Waals surface area (Å²) in [5.41, 5.74) is 1.43. The minimum atomic E-state index is -1.13. The second-order valence-electron chi connectivity index (χ2n) is 6.71. The topological polar surface area (TPSA) is 32.3 Å². The number of piperidine rings is 1. The van der Waals surface area contributed by atoms with Gasteiger partial charge < -0.3 is 5.32 Å². The Morgan fingerprint density at radius 3 is 2.48 bits per heavy atom. The molecule has 1 saturated heterocycles. The summed E-state index contributed by atoms with van der Waals surface area (Å²) in [6.07, 6.45) is 2.46. The van der Waals surface area contributed by atoms with Crippen LogP contribution in [0.1, 0.15) is 35.7 Å². The van der Waals surface area contributed by atoms with Gasteiger partial charge in [0.2, 0.25) is 0 Å². The number of carbonyl (C=O) groups is 1. The van der Waals surface area contributed by atoms with Crippen LogP contribution >= 0.6 is 0 Å². The Hall–Kier alpha value is -2.27. The van der Waals surface area contributed by atoms with Crippen LogP contribution in [0.15, 0.2) is 42.5 Å². The molecule has 1 amide bonds. The van der Waals surface area contributed by atoms with Crippen LogP contribution in [-0.4, -0.2) is 23.9 Å². The summed E-state index contributed by atoms with van der Waals surface area (Å²) < 4.78 is 26.9. The number of halogens is 2. The van der Waals surface area contributed by atoms with Crippen LogP contribution in [0.3, 0.4) is 0 Å². The normalized spacial score (nSPS) is 16.0. The largest absolute Gasteiger partial charge is 0.322 e. The average Bonchev–Trinajstić information content (AvgIpc) is 2.61. The number of rotatable bonds is 4. The van der Waals surface area contributed by atoms with E-state index in [1.54, 1.807) is 12.1 Å². The molecule has 1 aliphatic heterocycles. The monoisotopic (exact) mass is 344 g/mol. The zero-order valence-electron chi connectivity index (χ0n) is 14.3. The first kappa shape index (κ1) is 17.5. The van der Waals surface area contributed by atoms with E-state index in [-0.39, 0.29) is 5.56 Å². The molecule has 25 heavy (non-hydrogen) atoms. The molecule has 0 bridgehead atoms. The standard InChI is InChI=1S/C20H22F2N2O/c1-14-9-11-24(12-10-14)13-15-5-7-16(8-6-15)23-20(25)17-3-2-4-18(21)19(17)22/h2-8,14H,9-13H2,1H3,(H,23,25). The lowest BCUT2D eigenvalue weighted by atomic mass is 9.99. The van der Waals surface area contributed by atoms with Crippen LogP contribution < -0.4 is 5.32 Å². The summed E-state index contributed by atoms with van der Waals surface area (Å²) in [4.78, 5) is 14.5. The number of nitrogens with one attached hydrogen (secondary N) is 1. The van der Waals surface area contributed by atoms with E-state index in [2.05, 4.69) is 17.1 Å². The molecule has 0 unspecified atom stereocenters. The van der Waals surface area contributed by atoms with E-state index < -0.39 is 17.5 Å². The highest BCUT2D eigenvalue weighted by Crippen LogP contribution is 2.19. The number of carbonyl (C=O) groups excluding carboxylic acids is 1. The lowest BCUT2D eigenvalue weighted by Crippen LogP contribution is -2.32. The summed E-state index contributed by atoms with van der Waals surface area (Å²) in [5.74, 6) is -2.01. The molecule has 0 atom stereocenters. The van der Waals surface area contributed by atoms with Crippen molar-refractivity contribution < 1.29 is 13.6 Å². The van der Waals surface area contributed by atoms with E-state index in [0.29, 0.717) is 5.69 Å². The molecule has 1 heterocycles. The molecule has 0 saturated carbocycles. The highest BCUT2D eigenvalue weighted by Gasteiger charge is 2.17. The number of benzene rings is 2. The molecule has 0 aromatic heterocycles. The summed E-state index contributed by atoms with van der Waals surface area (Å²) in [6.45, 7) is 5.40. The molecule has 2 aromatic carbocycles. The average molecular weight is 344 g/mol. The van der Waals surface area contributed by atoms with Crippen molar-refractivity contribution >= 4 is 11.6 Å². The minimum absolute atomic E-state index is 0.300. The maximum atomic E-state index is 13.7. The molecular weight excluding hydrogens is 322 g/mol. The van der Waals surface area contributed by atoms with Crippen molar-refractivity contribution in [1.82, 2.24) is 4.90 Å². The maximum absolute atomic E-state index is 13.7. The molecular formula is C20H22F2N2O. The zero-order valence-corrected chi connectivity index (χ0v) is 14.3. The maximum Gasteiger partial charge on any atom is 0.258 e. The summed E-state index contributed by atoms with van der Waals surface area (Å²) in [7, 11) is 0. The Morgan fingerprint density at radius 2 is 1.80 bits per heavy atom. The van der Waals surface area contributed by atoms with Crippen molar-refractivity contribution in [1.29, 1.82) is 0 Å². The first-order valence-electron chi connectivity index (χ1n) is 8.59. The van der Waals surface area contributed by atoms with Crippen molar-refractivity contribution in [2.45, 2.75) is 26.3 Å². The van der Waals surface area contributed by atoms with Crippen molar-refractivity contribution in [3.63, 3.8) is 0 Å². The Balaban J connectivity index is 1.60. The van der Waals surface area contributed by atoms with Gasteiger partial charge in [0.05, 0.1) is 5.56 Å². The Bertz CT molecular complexity index is 738. The highest BCUT2D eigenvalue weighted by molar-refractivity contribution is 6.04. The van der Waals surface area contributed by atoms with E-state index in [9.17, 15) is 13.6 Å². The first-order valence-corrected chi connectivity index (χ1v) is 8.59. The molecule has 1 N–H and O–H groups in total. The predicted octanol–water partition coefficient (Wildman–Crippen LogP) is 4.45. The van der Waals surface area contributed by atoms with Crippen LogP contribution in [0.4, 0.5) is 14.5 Å². The van der Waals surface area contributed by atoms with Gasteiger partial charge in [-0.2, -0.15) is 0 Å². The lowest BCUT2D eigenvalue weighted by molar-refractivity contribution is 0.102. The number of hydrogen-bond acceptors (Lipinski definition) is 2. The highest BCUT2D eigenvalue weighted by atomic mass is 19.2. The predicted molar refractivity (Wildman–Crippen MR) is 94.4 cm³/mol. The first-order chi connectivity index (χ1) is 12.0. The van der Waals surface area contributed by atoms with E-state index >= 15 is 0 Å². The fraction of sp³-hybridized carbons (Fsp3) is 0.350. The Morgan fingerprint density at radius 1 is 1.12 bits per heavy atom. The molecule has 0 aliphatic carbocycles. The van der Waals surface area contributed by atoms with Gasteiger partial charge in [-0.3, -0.25) is 9.69 Å². The van der Waals surface area contributed by atoms with Crippen LogP contribution in [0.25, 0.3) is 0 Å². The molecule has 3 rings (SSSR count). The molecule has 0 radical (unpaired) electrons. The zero-order chi connectivity index (χ0) is 17.8. The second kappa shape index (κ2) is 7.74. The van der Waals surface area contributed by atoms with Crippen molar-refractivity contribution in [2.24, 2.45) is 5.92 Å². The second-order valence-corrected chi connectivity index (χ2v) is 6.71. The molecule has 0 spiro atoms. The number of amides is 1. The van der Waals surface area contributed by atoms with E-state index in [4.69, 9.17) is 0 Å². The molecule has 2 aromatic rings. The van der Waals surface area contributed by atoms with Crippen LogP contribution in [-0.2, 0) is 6.54 Å². The van der Waals surface area contributed by atoms with Crippen LogP contribution in [0, 0.1) is 17.6 Å². The fourth-order valence-corrected chi connectivity index (χ4v) is 3.05. The van der Waals surface area contributed by atoms with E-state index in [1.165, 1.54) is 30.5 Å². The number of hydrogen-bond donors (Lipinski definition) is 1. The Kier molecular flexibility index (Phi) is 5.43. The summed E-state index contributed by atoms with van der Waals surface area (Å²) in [6, 6.07) is 11.1. The third-order valence-corrected chi connectivity index (χ3v) is 4.69. The SMILES string of the molecule is CC1CCN(Cc2ccc(NC(=O)c3cccc(F)c3F)cc2)CC1. The van der Waals surface area contributed by atoms with Crippen molar-refractivity contribution in [2.75, 3.05) is 18.4 Å². The lowest BCUT2D eigenvalue weighted by Gasteiger charge is -2.30. The number of likely N-dealkylation sites (tertiary alicyclic amines) is 1. The van der Waals surface area contributed by atoms with Gasteiger partial charge >= 0.3 is 0 Å². The molecule has 132 valence electrons. The smallest absolute Gasteiger partial charge is 0.258 e. The van der Waals surface area contributed by atoms with Gasteiger partial charge in [0.25, 0.3) is 5.91 Å². The van der Waals surface area contributed by atoms with Gasteiger partial charge in [-0.05, 0) is 61.7 Å². The number of anilines is 1. The molecule has 3 nitrogen and oxygen atoms in total. The van der Waals surface area contributed by atoms with Gasteiger partial charge in [0.1, 0.15) is 0 Å². The van der Waals surface area contributed by atoms with E-state index in [0.717, 1.165) is 31.6 Å². The number of nitrogens with zero attached hydrogens (tertiary/aromatic N) is 1. The van der Waals surface area contributed by atoms with Gasteiger partial charge in [0.15, 0.2) is 11.6 Å². The summed E-state index contributed by atoms with van der Waals surface area (Å²) >= 11 is 0. The minimum Gasteiger partial charge on any atom is -0.322 e. The van der Waals surface area contributed by atoms with Gasteiger partial charge in [0, 0.05) is 12.2 Å². The molecule has 5 heteroatoms. The van der Waals surface area contributed by atoms with Gasteiger partial charge in [-0.1, -0.05) is 25.1 Å².